The Morgan fingerprint density at radius 3 is 2.12 bits per heavy atom. The highest BCUT2D eigenvalue weighted by Crippen LogP contribution is 2.24. The van der Waals surface area contributed by atoms with Gasteiger partial charge in [-0.15, -0.1) is 0 Å². The van der Waals surface area contributed by atoms with E-state index >= 15 is 0 Å². The largest absolute Gasteiger partial charge is 0.497 e. The normalized spacial score (nSPS) is 11.3. The van der Waals surface area contributed by atoms with Crippen molar-refractivity contribution in [1.82, 2.24) is 10.6 Å². The molecule has 3 rings (SSSR count). The Morgan fingerprint density at radius 1 is 0.848 bits per heavy atom. The minimum absolute atomic E-state index is 0.132. The molecule has 0 saturated carbocycles. The van der Waals surface area contributed by atoms with Crippen LogP contribution >= 0.6 is 0 Å². The number of hydrogen-bond donors (Lipinski definition) is 2. The van der Waals surface area contributed by atoms with Crippen molar-refractivity contribution in [3.63, 3.8) is 0 Å². The zero-order chi connectivity index (χ0) is 23.5. The quantitative estimate of drug-likeness (QED) is 0.425. The molecule has 3 aromatic carbocycles. The molecule has 172 valence electrons. The Kier molecular flexibility index (Phi) is 8.88. The number of carbonyl (C=O) groups excluding carboxylic acids is 2. The molecule has 0 aliphatic carbocycles. The van der Waals surface area contributed by atoms with Gasteiger partial charge in [0.25, 0.3) is 5.91 Å². The van der Waals surface area contributed by atoms with E-state index in [0.29, 0.717) is 12.2 Å². The molecule has 0 aliphatic rings. The molecule has 6 nitrogen and oxygen atoms in total. The van der Waals surface area contributed by atoms with Gasteiger partial charge >= 0.3 is 0 Å². The van der Waals surface area contributed by atoms with Gasteiger partial charge in [0.15, 0.2) is 0 Å². The summed E-state index contributed by atoms with van der Waals surface area (Å²) < 4.78 is 10.8. The van der Waals surface area contributed by atoms with Crippen molar-refractivity contribution in [2.45, 2.75) is 25.8 Å². The highest BCUT2D eigenvalue weighted by Gasteiger charge is 2.17. The number of rotatable bonds is 11. The minimum atomic E-state index is -0.346. The summed E-state index contributed by atoms with van der Waals surface area (Å²) in [5, 5.41) is 5.70. The molecule has 0 saturated heterocycles. The second kappa shape index (κ2) is 12.3. The van der Waals surface area contributed by atoms with Gasteiger partial charge in [-0.3, -0.25) is 9.59 Å². The smallest absolute Gasteiger partial charge is 0.251 e. The van der Waals surface area contributed by atoms with Crippen LogP contribution in [0.15, 0.2) is 78.9 Å². The SMILES string of the molecule is CCCCOc1ccc(C(=O)NCC(=O)NC(c2ccccc2)c2ccc(OC)cc2)cc1. The third-order valence-corrected chi connectivity index (χ3v) is 5.18. The standard InChI is InChI=1S/C27H30N2O4/c1-3-4-18-33-24-16-12-22(13-17-24)27(31)28-19-25(30)29-26(20-8-6-5-7-9-20)21-10-14-23(32-2)15-11-21/h5-17,26H,3-4,18-19H2,1-2H3,(H,28,31)(H,29,30). The third-order valence-electron chi connectivity index (χ3n) is 5.18. The first kappa shape index (κ1) is 23.9. The molecule has 0 radical (unpaired) electrons. The van der Waals surface area contributed by atoms with Gasteiger partial charge in [0.1, 0.15) is 11.5 Å². The zero-order valence-corrected chi connectivity index (χ0v) is 19.0. The fourth-order valence-corrected chi connectivity index (χ4v) is 3.31. The van der Waals surface area contributed by atoms with E-state index in [-0.39, 0.29) is 24.4 Å². The number of methoxy groups -OCH3 is 1. The first-order chi connectivity index (χ1) is 16.1. The van der Waals surface area contributed by atoms with Gasteiger partial charge in [0.05, 0.1) is 26.3 Å². The van der Waals surface area contributed by atoms with E-state index in [0.717, 1.165) is 35.5 Å². The molecule has 0 fully saturated rings. The van der Waals surface area contributed by atoms with Gasteiger partial charge in [-0.1, -0.05) is 55.8 Å². The molecular weight excluding hydrogens is 416 g/mol. The lowest BCUT2D eigenvalue weighted by atomic mass is 9.98. The molecular formula is C27H30N2O4. The maximum atomic E-state index is 12.7. The Morgan fingerprint density at radius 2 is 1.48 bits per heavy atom. The molecule has 3 aromatic rings. The van der Waals surface area contributed by atoms with Crippen molar-refractivity contribution in [3.05, 3.63) is 95.6 Å². The average Bonchev–Trinajstić information content (AvgIpc) is 2.87. The van der Waals surface area contributed by atoms with Crippen molar-refractivity contribution in [2.75, 3.05) is 20.3 Å². The zero-order valence-electron chi connectivity index (χ0n) is 19.0. The average molecular weight is 447 g/mol. The van der Waals surface area contributed by atoms with Crippen LogP contribution in [0, 0.1) is 0 Å². The Labute approximate surface area is 194 Å². The van der Waals surface area contributed by atoms with E-state index in [1.165, 1.54) is 0 Å². The lowest BCUT2D eigenvalue weighted by Crippen LogP contribution is -2.39. The van der Waals surface area contributed by atoms with Crippen LogP contribution in [-0.4, -0.2) is 32.1 Å². The van der Waals surface area contributed by atoms with Gasteiger partial charge in [-0.2, -0.15) is 0 Å². The van der Waals surface area contributed by atoms with Crippen LogP contribution < -0.4 is 20.1 Å². The van der Waals surface area contributed by atoms with Crippen LogP contribution in [0.3, 0.4) is 0 Å². The van der Waals surface area contributed by atoms with Gasteiger partial charge in [-0.05, 0) is 53.9 Å². The highest BCUT2D eigenvalue weighted by molar-refractivity contribution is 5.96. The van der Waals surface area contributed by atoms with E-state index < -0.39 is 0 Å². The first-order valence-corrected chi connectivity index (χ1v) is 11.1. The van der Waals surface area contributed by atoms with Crippen molar-refractivity contribution < 1.29 is 19.1 Å². The molecule has 0 heterocycles. The summed E-state index contributed by atoms with van der Waals surface area (Å²) in [6.07, 6.45) is 2.05. The number of unbranched alkanes of at least 4 members (excludes halogenated alkanes) is 1. The molecule has 2 amide bonds. The molecule has 0 bridgehead atoms. The van der Waals surface area contributed by atoms with Crippen molar-refractivity contribution in [2.24, 2.45) is 0 Å². The van der Waals surface area contributed by atoms with E-state index in [9.17, 15) is 9.59 Å². The van der Waals surface area contributed by atoms with Crippen molar-refractivity contribution in [1.29, 1.82) is 0 Å². The summed E-state index contributed by atoms with van der Waals surface area (Å²) in [6.45, 7) is 2.62. The second-order valence-electron chi connectivity index (χ2n) is 7.59. The van der Waals surface area contributed by atoms with Gasteiger partial charge in [0.2, 0.25) is 5.91 Å². The monoisotopic (exact) mass is 446 g/mol. The molecule has 1 atom stereocenters. The summed E-state index contributed by atoms with van der Waals surface area (Å²) in [5.74, 6) is 0.868. The van der Waals surface area contributed by atoms with Crippen LogP contribution in [0.1, 0.15) is 47.3 Å². The molecule has 33 heavy (non-hydrogen) atoms. The molecule has 0 aliphatic heterocycles. The van der Waals surface area contributed by atoms with E-state index in [4.69, 9.17) is 9.47 Å². The van der Waals surface area contributed by atoms with Crippen molar-refractivity contribution >= 4 is 11.8 Å². The van der Waals surface area contributed by atoms with Gasteiger partial charge < -0.3 is 20.1 Å². The van der Waals surface area contributed by atoms with Crippen LogP contribution in [0.4, 0.5) is 0 Å². The number of nitrogens with one attached hydrogen (secondary N) is 2. The molecule has 1 unspecified atom stereocenters. The summed E-state index contributed by atoms with van der Waals surface area (Å²) in [5.41, 5.74) is 2.33. The Balaban J connectivity index is 1.60. The fourth-order valence-electron chi connectivity index (χ4n) is 3.31. The molecule has 0 aromatic heterocycles. The third kappa shape index (κ3) is 7.10. The number of benzene rings is 3. The highest BCUT2D eigenvalue weighted by atomic mass is 16.5. The second-order valence-corrected chi connectivity index (χ2v) is 7.59. The van der Waals surface area contributed by atoms with E-state index in [1.807, 2.05) is 54.6 Å². The number of amides is 2. The maximum Gasteiger partial charge on any atom is 0.251 e. The van der Waals surface area contributed by atoms with Gasteiger partial charge in [0, 0.05) is 5.56 Å². The predicted molar refractivity (Wildman–Crippen MR) is 129 cm³/mol. The topological polar surface area (TPSA) is 76.7 Å². The lowest BCUT2D eigenvalue weighted by molar-refractivity contribution is -0.120. The summed E-state index contributed by atoms with van der Waals surface area (Å²) in [4.78, 5) is 25.2. The maximum absolute atomic E-state index is 12.7. The van der Waals surface area contributed by atoms with Gasteiger partial charge in [-0.25, -0.2) is 0 Å². The van der Waals surface area contributed by atoms with Crippen LogP contribution in [0.2, 0.25) is 0 Å². The Hall–Kier alpha value is -3.80. The molecule has 2 N–H and O–H groups in total. The predicted octanol–water partition coefficient (Wildman–Crippen LogP) is 4.51. The lowest BCUT2D eigenvalue weighted by Gasteiger charge is -2.20. The summed E-state index contributed by atoms with van der Waals surface area (Å²) >= 11 is 0. The van der Waals surface area contributed by atoms with E-state index in [2.05, 4.69) is 17.6 Å². The molecule has 6 heteroatoms. The summed E-state index contributed by atoms with van der Waals surface area (Å²) in [7, 11) is 1.61. The summed E-state index contributed by atoms with van der Waals surface area (Å²) in [6, 6.07) is 23.8. The molecule has 0 spiro atoms. The van der Waals surface area contributed by atoms with Crippen molar-refractivity contribution in [3.8, 4) is 11.5 Å². The first-order valence-electron chi connectivity index (χ1n) is 11.1. The fraction of sp³-hybridized carbons (Fsp3) is 0.259. The number of carbonyl (C=O) groups is 2. The van der Waals surface area contributed by atoms with E-state index in [1.54, 1.807) is 31.4 Å². The van der Waals surface area contributed by atoms with Crippen LogP contribution in [-0.2, 0) is 4.79 Å². The number of ether oxygens (including phenoxy) is 2. The minimum Gasteiger partial charge on any atom is -0.497 e. The Bertz CT molecular complexity index is 1020. The number of hydrogen-bond acceptors (Lipinski definition) is 4. The van der Waals surface area contributed by atoms with Crippen LogP contribution in [0.5, 0.6) is 11.5 Å². The van der Waals surface area contributed by atoms with Crippen LogP contribution in [0.25, 0.3) is 0 Å².